The number of pyridine rings is 1. The Labute approximate surface area is 117 Å². The minimum Gasteiger partial charge on any atom is -0.477 e. The second-order valence-corrected chi connectivity index (χ2v) is 4.81. The predicted octanol–water partition coefficient (Wildman–Crippen LogP) is 1.32. The van der Waals surface area contributed by atoms with E-state index in [1.807, 2.05) is 0 Å². The van der Waals surface area contributed by atoms with Gasteiger partial charge in [-0.3, -0.25) is 4.79 Å². The number of carboxylic acids is 1. The average molecular weight is 278 g/mol. The van der Waals surface area contributed by atoms with Crippen LogP contribution >= 0.6 is 0 Å². The molecular weight excluding hydrogens is 260 g/mol. The molecule has 20 heavy (non-hydrogen) atoms. The minimum atomic E-state index is -1.11. The lowest BCUT2D eigenvalue weighted by Crippen LogP contribution is -2.32. The predicted molar refractivity (Wildman–Crippen MR) is 71.7 cm³/mol. The number of ether oxygens (including phenoxy) is 1. The molecule has 0 aromatic carbocycles. The number of aromatic carboxylic acids is 1. The monoisotopic (exact) mass is 278 g/mol. The lowest BCUT2D eigenvalue weighted by Gasteiger charge is -2.17. The molecule has 0 bridgehead atoms. The van der Waals surface area contributed by atoms with Crippen LogP contribution in [0.4, 0.5) is 0 Å². The summed E-state index contributed by atoms with van der Waals surface area (Å²) < 4.78 is 5.57. The van der Waals surface area contributed by atoms with Gasteiger partial charge in [0.05, 0.1) is 11.7 Å². The molecule has 0 saturated carbocycles. The molecule has 1 aliphatic rings. The van der Waals surface area contributed by atoms with Crippen LogP contribution < -0.4 is 5.32 Å². The summed E-state index contributed by atoms with van der Waals surface area (Å²) in [5.41, 5.74) is 0.291. The van der Waals surface area contributed by atoms with Crippen LogP contribution in [0.5, 0.6) is 0 Å². The van der Waals surface area contributed by atoms with Crippen LogP contribution in [0.15, 0.2) is 18.3 Å². The molecule has 1 aromatic heterocycles. The number of aromatic nitrogens is 1. The van der Waals surface area contributed by atoms with Crippen LogP contribution in [0.2, 0.25) is 0 Å². The van der Waals surface area contributed by atoms with Gasteiger partial charge in [-0.1, -0.05) is 6.92 Å². The number of nitrogens with one attached hydrogen (secondary N) is 1. The van der Waals surface area contributed by atoms with Gasteiger partial charge in [0.1, 0.15) is 5.69 Å². The van der Waals surface area contributed by atoms with Crippen LogP contribution in [0.1, 0.15) is 40.6 Å². The molecule has 2 unspecified atom stereocenters. The van der Waals surface area contributed by atoms with Crippen molar-refractivity contribution in [3.05, 3.63) is 29.6 Å². The fraction of sp³-hybridized carbons (Fsp3) is 0.500. The normalized spacial score (nSPS) is 21.6. The van der Waals surface area contributed by atoms with Gasteiger partial charge in [-0.15, -0.1) is 0 Å². The van der Waals surface area contributed by atoms with Gasteiger partial charge >= 0.3 is 5.97 Å². The molecule has 2 rings (SSSR count). The third-order valence-corrected chi connectivity index (χ3v) is 3.52. The zero-order valence-corrected chi connectivity index (χ0v) is 11.3. The summed E-state index contributed by atoms with van der Waals surface area (Å²) in [6.07, 6.45) is 3.38. The molecule has 1 fully saturated rings. The summed E-state index contributed by atoms with van der Waals surface area (Å²) in [7, 11) is 0. The van der Waals surface area contributed by atoms with Crippen LogP contribution in [-0.4, -0.2) is 41.2 Å². The molecule has 0 spiro atoms. The highest BCUT2D eigenvalue weighted by molar-refractivity contribution is 5.94. The Morgan fingerprint density at radius 1 is 1.50 bits per heavy atom. The van der Waals surface area contributed by atoms with Crippen LogP contribution in [0.3, 0.4) is 0 Å². The molecule has 6 nitrogen and oxygen atoms in total. The van der Waals surface area contributed by atoms with Crippen molar-refractivity contribution in [2.75, 3.05) is 13.2 Å². The van der Waals surface area contributed by atoms with E-state index in [2.05, 4.69) is 17.2 Å². The minimum absolute atomic E-state index is 0.0724. The lowest BCUT2D eigenvalue weighted by atomic mass is 9.99. The number of hydrogen-bond donors (Lipinski definition) is 2. The van der Waals surface area contributed by atoms with E-state index < -0.39 is 5.97 Å². The van der Waals surface area contributed by atoms with Crippen molar-refractivity contribution in [3.63, 3.8) is 0 Å². The summed E-state index contributed by atoms with van der Waals surface area (Å²) in [4.78, 5) is 26.3. The van der Waals surface area contributed by atoms with E-state index in [4.69, 9.17) is 9.84 Å². The maximum Gasteiger partial charge on any atom is 0.354 e. The van der Waals surface area contributed by atoms with Crippen molar-refractivity contribution in [2.45, 2.75) is 25.9 Å². The first kappa shape index (κ1) is 14.5. The Hall–Kier alpha value is -1.95. The highest BCUT2D eigenvalue weighted by Gasteiger charge is 2.26. The van der Waals surface area contributed by atoms with E-state index in [1.54, 1.807) is 0 Å². The number of carboxylic acid groups (broad SMARTS) is 1. The van der Waals surface area contributed by atoms with E-state index in [1.165, 1.54) is 18.3 Å². The van der Waals surface area contributed by atoms with Crippen molar-refractivity contribution in [3.8, 4) is 0 Å². The number of carbonyl (C=O) groups is 2. The van der Waals surface area contributed by atoms with E-state index in [9.17, 15) is 9.59 Å². The SMILES string of the molecule is CCC1OCCC1CNC(=O)c1ccc(C(=O)O)nc1. The largest absolute Gasteiger partial charge is 0.477 e. The zero-order valence-electron chi connectivity index (χ0n) is 11.3. The molecule has 2 heterocycles. The molecule has 2 atom stereocenters. The first-order valence-corrected chi connectivity index (χ1v) is 6.71. The molecule has 6 heteroatoms. The Bertz CT molecular complexity index is 486. The highest BCUT2D eigenvalue weighted by atomic mass is 16.5. The molecule has 0 aliphatic carbocycles. The number of carbonyl (C=O) groups excluding carboxylic acids is 1. The maximum absolute atomic E-state index is 11.9. The number of rotatable bonds is 5. The van der Waals surface area contributed by atoms with Gasteiger partial charge in [0.2, 0.25) is 0 Å². The first-order valence-electron chi connectivity index (χ1n) is 6.71. The molecular formula is C14H18N2O4. The first-order chi connectivity index (χ1) is 9.61. The zero-order chi connectivity index (χ0) is 14.5. The van der Waals surface area contributed by atoms with E-state index in [0.29, 0.717) is 18.0 Å². The maximum atomic E-state index is 11.9. The Balaban J connectivity index is 1.90. The van der Waals surface area contributed by atoms with Crippen molar-refractivity contribution >= 4 is 11.9 Å². The quantitative estimate of drug-likeness (QED) is 0.848. The molecule has 1 saturated heterocycles. The molecule has 1 amide bonds. The molecule has 108 valence electrons. The Morgan fingerprint density at radius 2 is 2.30 bits per heavy atom. The third-order valence-electron chi connectivity index (χ3n) is 3.52. The van der Waals surface area contributed by atoms with Gasteiger partial charge in [-0.25, -0.2) is 9.78 Å². The van der Waals surface area contributed by atoms with Crippen molar-refractivity contribution in [1.82, 2.24) is 10.3 Å². The second kappa shape index (κ2) is 6.47. The van der Waals surface area contributed by atoms with Gasteiger partial charge in [-0.2, -0.15) is 0 Å². The summed E-state index contributed by atoms with van der Waals surface area (Å²) >= 11 is 0. The van der Waals surface area contributed by atoms with Gasteiger partial charge < -0.3 is 15.2 Å². The topological polar surface area (TPSA) is 88.5 Å². The molecule has 2 N–H and O–H groups in total. The van der Waals surface area contributed by atoms with Gasteiger partial charge in [0.25, 0.3) is 5.91 Å². The number of nitrogens with zero attached hydrogens (tertiary/aromatic N) is 1. The average Bonchev–Trinajstić information content (AvgIpc) is 2.92. The summed E-state index contributed by atoms with van der Waals surface area (Å²) in [6, 6.07) is 2.79. The summed E-state index contributed by atoms with van der Waals surface area (Å²) in [5.74, 6) is -1.00. The van der Waals surface area contributed by atoms with Crippen molar-refractivity contribution < 1.29 is 19.4 Å². The highest BCUT2D eigenvalue weighted by Crippen LogP contribution is 2.22. The Morgan fingerprint density at radius 3 is 2.90 bits per heavy atom. The second-order valence-electron chi connectivity index (χ2n) is 4.81. The summed E-state index contributed by atoms with van der Waals surface area (Å²) in [6.45, 7) is 3.38. The molecule has 1 aromatic rings. The smallest absolute Gasteiger partial charge is 0.354 e. The van der Waals surface area contributed by atoms with Crippen molar-refractivity contribution in [1.29, 1.82) is 0 Å². The Kier molecular flexibility index (Phi) is 4.68. The van der Waals surface area contributed by atoms with Crippen LogP contribution in [0, 0.1) is 5.92 Å². The number of hydrogen-bond acceptors (Lipinski definition) is 4. The molecule has 1 aliphatic heterocycles. The fourth-order valence-corrected chi connectivity index (χ4v) is 2.36. The standard InChI is InChI=1S/C14H18N2O4/c1-2-12-9(5-6-20-12)7-16-13(17)10-3-4-11(14(18)19)15-8-10/h3-4,8-9,12H,2,5-7H2,1H3,(H,16,17)(H,18,19). The van der Waals surface area contributed by atoms with E-state index in [0.717, 1.165) is 19.4 Å². The summed E-state index contributed by atoms with van der Waals surface area (Å²) in [5, 5.41) is 11.6. The van der Waals surface area contributed by atoms with Crippen LogP contribution in [0.25, 0.3) is 0 Å². The number of amides is 1. The lowest BCUT2D eigenvalue weighted by molar-refractivity contribution is 0.0689. The van der Waals surface area contributed by atoms with Crippen LogP contribution in [-0.2, 0) is 4.74 Å². The van der Waals surface area contributed by atoms with Gasteiger partial charge in [0.15, 0.2) is 0 Å². The van der Waals surface area contributed by atoms with E-state index in [-0.39, 0.29) is 17.7 Å². The fourth-order valence-electron chi connectivity index (χ4n) is 2.36. The van der Waals surface area contributed by atoms with E-state index >= 15 is 0 Å². The van der Waals surface area contributed by atoms with Crippen molar-refractivity contribution in [2.24, 2.45) is 5.92 Å². The van der Waals surface area contributed by atoms with Gasteiger partial charge in [0, 0.05) is 25.3 Å². The van der Waals surface area contributed by atoms with Gasteiger partial charge in [-0.05, 0) is 25.0 Å². The molecule has 0 radical (unpaired) electrons. The third kappa shape index (κ3) is 3.33.